The van der Waals surface area contributed by atoms with Gasteiger partial charge in [0.1, 0.15) is 12.4 Å². The lowest BCUT2D eigenvalue weighted by Gasteiger charge is -2.43. The Morgan fingerprint density at radius 1 is 1.12 bits per heavy atom. The van der Waals surface area contributed by atoms with Gasteiger partial charge >= 0.3 is 6.18 Å². The molecule has 0 bridgehead atoms. The summed E-state index contributed by atoms with van der Waals surface area (Å²) in [7, 11) is 0. The van der Waals surface area contributed by atoms with Crippen LogP contribution in [0.25, 0.3) is 0 Å². The van der Waals surface area contributed by atoms with Crippen molar-refractivity contribution in [1.29, 1.82) is 0 Å². The van der Waals surface area contributed by atoms with Crippen LogP contribution < -0.4 is 20.3 Å². The maximum atomic E-state index is 14.1. The summed E-state index contributed by atoms with van der Waals surface area (Å²) in [5.41, 5.74) is 1.98. The highest BCUT2D eigenvalue weighted by atomic mass is 19.4. The second-order valence-corrected chi connectivity index (χ2v) is 9.41. The SMILES string of the molecule is FC(F)(F)c1cc(C2CN([C@H]3CCNC3)C2)cc2c1OCc1c(N3CCOCC3)ccnc1N2. The molecule has 2 aromatic rings. The van der Waals surface area contributed by atoms with Crippen LogP contribution in [0.15, 0.2) is 24.4 Å². The predicted octanol–water partition coefficient (Wildman–Crippen LogP) is 3.33. The Hall–Kier alpha value is -2.56. The molecule has 7 nitrogen and oxygen atoms in total. The summed E-state index contributed by atoms with van der Waals surface area (Å²) in [5, 5.41) is 6.54. The van der Waals surface area contributed by atoms with E-state index < -0.39 is 11.7 Å². The van der Waals surface area contributed by atoms with Gasteiger partial charge < -0.3 is 25.0 Å². The molecule has 182 valence electrons. The van der Waals surface area contributed by atoms with E-state index in [9.17, 15) is 13.2 Å². The fourth-order valence-corrected chi connectivity index (χ4v) is 5.42. The molecule has 34 heavy (non-hydrogen) atoms. The highest BCUT2D eigenvalue weighted by Crippen LogP contribution is 2.47. The van der Waals surface area contributed by atoms with E-state index in [1.807, 2.05) is 12.1 Å². The molecule has 0 unspecified atom stereocenters. The first-order valence-electron chi connectivity index (χ1n) is 11.9. The molecular weight excluding hydrogens is 447 g/mol. The van der Waals surface area contributed by atoms with Crippen LogP contribution in [0.2, 0.25) is 0 Å². The van der Waals surface area contributed by atoms with E-state index in [1.54, 1.807) is 6.20 Å². The largest absolute Gasteiger partial charge is 0.486 e. The average molecular weight is 476 g/mol. The Kier molecular flexibility index (Phi) is 5.54. The smallest absolute Gasteiger partial charge is 0.420 e. The number of rotatable bonds is 3. The van der Waals surface area contributed by atoms with Gasteiger partial charge in [-0.05, 0) is 36.7 Å². The standard InChI is InChI=1S/C24H28F3N5O2/c25-24(26,27)19-9-15(16-12-32(13-16)17-1-3-28-11-17)10-20-22(19)34-14-18-21(2-4-29-23(18)30-20)31-5-7-33-8-6-31/h2,4,9-10,16-17,28H,1,3,5-8,11-14H2,(H,29,30)/t17-/m0/s1. The molecule has 10 heteroatoms. The number of likely N-dealkylation sites (tertiary alicyclic amines) is 1. The first kappa shape index (κ1) is 21.9. The van der Waals surface area contributed by atoms with Crippen LogP contribution in [-0.4, -0.2) is 68.4 Å². The Morgan fingerprint density at radius 3 is 2.68 bits per heavy atom. The molecule has 1 aromatic carbocycles. The second kappa shape index (κ2) is 8.58. The van der Waals surface area contributed by atoms with Gasteiger partial charge in [-0.1, -0.05) is 0 Å². The van der Waals surface area contributed by atoms with Crippen LogP contribution in [0.4, 0.5) is 30.4 Å². The number of anilines is 3. The minimum absolute atomic E-state index is 0.0180. The summed E-state index contributed by atoms with van der Waals surface area (Å²) in [6.45, 7) is 6.19. The van der Waals surface area contributed by atoms with Crippen molar-refractivity contribution in [2.24, 2.45) is 0 Å². The van der Waals surface area contributed by atoms with Crippen molar-refractivity contribution < 1.29 is 22.6 Å². The first-order chi connectivity index (χ1) is 16.5. The fraction of sp³-hybridized carbons (Fsp3) is 0.542. The number of nitrogens with one attached hydrogen (secondary N) is 2. The van der Waals surface area contributed by atoms with Crippen molar-refractivity contribution >= 4 is 17.2 Å². The third-order valence-electron chi connectivity index (χ3n) is 7.35. The third kappa shape index (κ3) is 3.97. The molecule has 2 N–H and O–H groups in total. The number of halogens is 3. The predicted molar refractivity (Wildman–Crippen MR) is 122 cm³/mol. The Labute approximate surface area is 196 Å². The molecular formula is C24H28F3N5O2. The lowest BCUT2D eigenvalue weighted by molar-refractivity contribution is -0.139. The Morgan fingerprint density at radius 2 is 1.94 bits per heavy atom. The van der Waals surface area contributed by atoms with Gasteiger partial charge in [0.25, 0.3) is 0 Å². The van der Waals surface area contributed by atoms with Crippen molar-refractivity contribution in [1.82, 2.24) is 15.2 Å². The number of benzene rings is 1. The second-order valence-electron chi connectivity index (χ2n) is 9.41. The van der Waals surface area contributed by atoms with Crippen LogP contribution in [0.3, 0.4) is 0 Å². The van der Waals surface area contributed by atoms with Crippen LogP contribution in [0, 0.1) is 0 Å². The zero-order valence-corrected chi connectivity index (χ0v) is 18.8. The molecule has 1 aromatic heterocycles. The van der Waals surface area contributed by atoms with E-state index in [2.05, 4.69) is 25.4 Å². The fourth-order valence-electron chi connectivity index (χ4n) is 5.42. The summed E-state index contributed by atoms with van der Waals surface area (Å²) in [6.07, 6.45) is -1.73. The Bertz CT molecular complexity index is 1060. The quantitative estimate of drug-likeness (QED) is 0.706. The maximum Gasteiger partial charge on any atom is 0.420 e. The van der Waals surface area contributed by atoms with E-state index >= 15 is 0 Å². The number of fused-ring (bicyclic) bond motifs is 2. The van der Waals surface area contributed by atoms with Crippen LogP contribution in [0.1, 0.15) is 29.0 Å². The normalized spacial score (nSPS) is 23.4. The van der Waals surface area contributed by atoms with Gasteiger partial charge in [0.05, 0.1) is 30.0 Å². The number of alkyl halides is 3. The van der Waals surface area contributed by atoms with Crippen molar-refractivity contribution in [2.75, 3.05) is 62.7 Å². The lowest BCUT2D eigenvalue weighted by atomic mass is 9.88. The topological polar surface area (TPSA) is 61.9 Å². The van der Waals surface area contributed by atoms with Crippen LogP contribution in [0.5, 0.6) is 5.75 Å². The van der Waals surface area contributed by atoms with E-state index in [-0.39, 0.29) is 18.3 Å². The zero-order valence-electron chi connectivity index (χ0n) is 18.8. The van der Waals surface area contributed by atoms with Crippen molar-refractivity contribution in [2.45, 2.75) is 31.2 Å². The molecule has 1 atom stereocenters. The minimum atomic E-state index is -4.52. The van der Waals surface area contributed by atoms with Gasteiger partial charge in [0, 0.05) is 56.6 Å². The molecule has 0 saturated carbocycles. The molecule has 5 heterocycles. The average Bonchev–Trinajstić information content (AvgIpc) is 3.24. The summed E-state index contributed by atoms with van der Waals surface area (Å²) >= 11 is 0. The molecule has 0 aliphatic carbocycles. The molecule has 0 radical (unpaired) electrons. The van der Waals surface area contributed by atoms with Crippen molar-refractivity contribution in [3.05, 3.63) is 41.1 Å². The molecule has 0 spiro atoms. The monoisotopic (exact) mass is 475 g/mol. The van der Waals surface area contributed by atoms with E-state index in [4.69, 9.17) is 9.47 Å². The maximum absolute atomic E-state index is 14.1. The number of nitrogens with zero attached hydrogens (tertiary/aromatic N) is 3. The molecule has 4 aliphatic heterocycles. The highest BCUT2D eigenvalue weighted by Gasteiger charge is 2.40. The summed E-state index contributed by atoms with van der Waals surface area (Å²) in [4.78, 5) is 8.98. The van der Waals surface area contributed by atoms with Crippen molar-refractivity contribution in [3.8, 4) is 5.75 Å². The van der Waals surface area contributed by atoms with Gasteiger partial charge in [-0.25, -0.2) is 4.98 Å². The summed E-state index contributed by atoms with van der Waals surface area (Å²) < 4.78 is 53.7. The zero-order chi connectivity index (χ0) is 23.3. The Balaban J connectivity index is 1.32. The van der Waals surface area contributed by atoms with E-state index in [1.165, 1.54) is 6.07 Å². The van der Waals surface area contributed by atoms with Crippen molar-refractivity contribution in [3.63, 3.8) is 0 Å². The molecule has 3 fully saturated rings. The number of morpholine rings is 1. The summed E-state index contributed by atoms with van der Waals surface area (Å²) in [5.74, 6) is 0.461. The number of hydrogen-bond donors (Lipinski definition) is 2. The number of ether oxygens (including phenoxy) is 2. The van der Waals surface area contributed by atoms with Crippen LogP contribution >= 0.6 is 0 Å². The minimum Gasteiger partial charge on any atom is -0.486 e. The lowest BCUT2D eigenvalue weighted by Crippen LogP contribution is -2.51. The molecule has 6 rings (SSSR count). The van der Waals surface area contributed by atoms with Gasteiger partial charge in [-0.2, -0.15) is 13.2 Å². The third-order valence-corrected chi connectivity index (χ3v) is 7.35. The number of aromatic nitrogens is 1. The number of pyridine rings is 1. The molecule has 4 aliphatic rings. The van der Waals surface area contributed by atoms with E-state index in [0.717, 1.165) is 56.9 Å². The van der Waals surface area contributed by atoms with Gasteiger partial charge in [0.2, 0.25) is 0 Å². The summed E-state index contributed by atoms with van der Waals surface area (Å²) in [6, 6.07) is 5.47. The van der Waals surface area contributed by atoms with Crippen LogP contribution in [-0.2, 0) is 17.5 Å². The highest BCUT2D eigenvalue weighted by molar-refractivity contribution is 5.75. The van der Waals surface area contributed by atoms with Gasteiger partial charge in [0.15, 0.2) is 5.75 Å². The molecule has 0 amide bonds. The van der Waals surface area contributed by atoms with E-state index in [0.29, 0.717) is 36.3 Å². The number of hydrogen-bond acceptors (Lipinski definition) is 7. The first-order valence-corrected chi connectivity index (χ1v) is 11.9. The van der Waals surface area contributed by atoms with Gasteiger partial charge in [-0.3, -0.25) is 4.90 Å². The molecule has 3 saturated heterocycles. The van der Waals surface area contributed by atoms with Gasteiger partial charge in [-0.15, -0.1) is 0 Å².